The quantitative estimate of drug-likeness (QED) is 0.656. The Bertz CT molecular complexity index is 215. The lowest BCUT2D eigenvalue weighted by atomic mass is 10.2. The van der Waals surface area contributed by atoms with Gasteiger partial charge in [-0.1, -0.05) is 13.8 Å². The van der Waals surface area contributed by atoms with Gasteiger partial charge < -0.3 is 15.2 Å². The Kier molecular flexibility index (Phi) is 6.70. The third-order valence-corrected chi connectivity index (χ3v) is 1.72. The van der Waals surface area contributed by atoms with E-state index in [4.69, 9.17) is 9.84 Å². The number of amides is 1. The maximum atomic E-state index is 11.3. The van der Waals surface area contributed by atoms with E-state index in [0.717, 1.165) is 0 Å². The topological polar surface area (TPSA) is 75.6 Å². The number of hydrogen-bond donors (Lipinski definition) is 2. The molecular formula is C10H19NO4. The van der Waals surface area contributed by atoms with E-state index in [2.05, 4.69) is 5.32 Å². The average molecular weight is 217 g/mol. The Labute approximate surface area is 89.8 Å². The van der Waals surface area contributed by atoms with E-state index >= 15 is 0 Å². The van der Waals surface area contributed by atoms with Crippen LogP contribution in [0.5, 0.6) is 0 Å². The van der Waals surface area contributed by atoms with Gasteiger partial charge in [0.1, 0.15) is 0 Å². The van der Waals surface area contributed by atoms with Crippen LogP contribution in [0.4, 0.5) is 0 Å². The summed E-state index contributed by atoms with van der Waals surface area (Å²) in [7, 11) is 0. The molecule has 0 aliphatic rings. The molecule has 0 fully saturated rings. The Morgan fingerprint density at radius 3 is 2.40 bits per heavy atom. The zero-order valence-corrected chi connectivity index (χ0v) is 9.45. The molecule has 0 heterocycles. The van der Waals surface area contributed by atoms with E-state index in [9.17, 15) is 9.59 Å². The van der Waals surface area contributed by atoms with Gasteiger partial charge in [-0.15, -0.1) is 0 Å². The number of carboxylic acid groups (broad SMARTS) is 1. The molecule has 0 aromatic carbocycles. The maximum absolute atomic E-state index is 11.3. The first-order valence-corrected chi connectivity index (χ1v) is 5.08. The van der Waals surface area contributed by atoms with Crippen LogP contribution in [0, 0.1) is 5.92 Å². The van der Waals surface area contributed by atoms with Crippen molar-refractivity contribution in [1.82, 2.24) is 5.32 Å². The molecule has 0 aromatic heterocycles. The second kappa shape index (κ2) is 7.23. The van der Waals surface area contributed by atoms with Crippen LogP contribution in [0.15, 0.2) is 0 Å². The number of nitrogens with one attached hydrogen (secondary N) is 1. The van der Waals surface area contributed by atoms with Gasteiger partial charge in [0.05, 0.1) is 6.42 Å². The van der Waals surface area contributed by atoms with E-state index < -0.39 is 12.1 Å². The molecule has 5 heteroatoms. The van der Waals surface area contributed by atoms with Crippen molar-refractivity contribution >= 4 is 11.9 Å². The number of carbonyl (C=O) groups is 2. The predicted octanol–water partition coefficient (Wildman–Crippen LogP) is 0.638. The molecule has 0 aliphatic heterocycles. The fraction of sp³-hybridized carbons (Fsp3) is 0.800. The van der Waals surface area contributed by atoms with Crippen LogP contribution in [0.2, 0.25) is 0 Å². The Balaban J connectivity index is 3.94. The predicted molar refractivity (Wildman–Crippen MR) is 55.5 cm³/mol. The van der Waals surface area contributed by atoms with Crippen LogP contribution in [-0.4, -0.2) is 36.2 Å². The summed E-state index contributed by atoms with van der Waals surface area (Å²) in [6.45, 7) is 6.47. The highest BCUT2D eigenvalue weighted by Crippen LogP contribution is 1.99. The first kappa shape index (κ1) is 13.9. The van der Waals surface area contributed by atoms with Crippen molar-refractivity contribution in [3.05, 3.63) is 0 Å². The lowest BCUT2D eigenvalue weighted by Gasteiger charge is -2.13. The van der Waals surface area contributed by atoms with Crippen molar-refractivity contribution < 1.29 is 19.4 Å². The van der Waals surface area contributed by atoms with E-state index in [1.54, 1.807) is 6.92 Å². The molecule has 0 aliphatic carbocycles. The van der Waals surface area contributed by atoms with Crippen LogP contribution in [0.3, 0.4) is 0 Å². The number of carboxylic acids is 1. The zero-order valence-electron chi connectivity index (χ0n) is 9.45. The second-order valence-corrected chi connectivity index (χ2v) is 3.68. The van der Waals surface area contributed by atoms with Gasteiger partial charge in [0.15, 0.2) is 6.10 Å². The molecule has 0 rings (SSSR count). The van der Waals surface area contributed by atoms with Crippen molar-refractivity contribution in [3.8, 4) is 0 Å². The highest BCUT2D eigenvalue weighted by molar-refractivity contribution is 5.83. The summed E-state index contributed by atoms with van der Waals surface area (Å²) in [5.41, 5.74) is 0. The molecule has 0 aromatic rings. The summed E-state index contributed by atoms with van der Waals surface area (Å²) < 4.78 is 4.92. The second-order valence-electron chi connectivity index (χ2n) is 3.68. The molecule has 0 unspecified atom stereocenters. The molecule has 0 spiro atoms. The van der Waals surface area contributed by atoms with Crippen molar-refractivity contribution in [3.63, 3.8) is 0 Å². The van der Waals surface area contributed by atoms with Gasteiger partial charge in [-0.25, -0.2) is 4.79 Å². The monoisotopic (exact) mass is 217 g/mol. The summed E-state index contributed by atoms with van der Waals surface area (Å²) in [5.74, 6) is -1.04. The van der Waals surface area contributed by atoms with E-state index in [1.807, 2.05) is 13.8 Å². The molecule has 15 heavy (non-hydrogen) atoms. The van der Waals surface area contributed by atoms with Crippen molar-refractivity contribution in [2.45, 2.75) is 33.3 Å². The van der Waals surface area contributed by atoms with E-state index in [0.29, 0.717) is 12.5 Å². The maximum Gasteiger partial charge on any atom is 0.333 e. The standard InChI is InChI=1S/C10H19NO4/c1-4-15-8(10(13)14)5-9(12)11-6-7(2)3/h7-8H,4-6H2,1-3H3,(H,11,12)(H,13,14)/t8-/m1/s1. The Hall–Kier alpha value is -1.10. The first-order chi connectivity index (χ1) is 6.97. The number of rotatable bonds is 7. The molecular weight excluding hydrogens is 198 g/mol. The molecule has 2 N–H and O–H groups in total. The minimum atomic E-state index is -1.10. The van der Waals surface area contributed by atoms with Gasteiger partial charge in [0, 0.05) is 13.2 Å². The third kappa shape index (κ3) is 6.90. The Morgan fingerprint density at radius 1 is 1.40 bits per heavy atom. The number of carbonyl (C=O) groups excluding carboxylic acids is 1. The molecule has 0 saturated heterocycles. The van der Waals surface area contributed by atoms with Gasteiger partial charge in [-0.3, -0.25) is 4.79 Å². The van der Waals surface area contributed by atoms with Crippen LogP contribution in [-0.2, 0) is 14.3 Å². The lowest BCUT2D eigenvalue weighted by molar-refractivity contribution is -0.152. The summed E-state index contributed by atoms with van der Waals surface area (Å²) >= 11 is 0. The Morgan fingerprint density at radius 2 is 2.00 bits per heavy atom. The van der Waals surface area contributed by atoms with Crippen LogP contribution >= 0.6 is 0 Å². The third-order valence-electron chi connectivity index (χ3n) is 1.72. The van der Waals surface area contributed by atoms with Crippen LogP contribution in [0.1, 0.15) is 27.2 Å². The summed E-state index contributed by atoms with van der Waals surface area (Å²) in [4.78, 5) is 21.9. The van der Waals surface area contributed by atoms with Crippen molar-refractivity contribution in [2.24, 2.45) is 5.92 Å². The smallest absolute Gasteiger partial charge is 0.333 e. The fourth-order valence-corrected chi connectivity index (χ4v) is 0.977. The van der Waals surface area contributed by atoms with Crippen molar-refractivity contribution in [2.75, 3.05) is 13.2 Å². The first-order valence-electron chi connectivity index (χ1n) is 5.08. The summed E-state index contributed by atoms with van der Waals surface area (Å²) in [5, 5.41) is 11.4. The molecule has 1 atom stereocenters. The van der Waals surface area contributed by atoms with E-state index in [1.165, 1.54) is 0 Å². The number of aliphatic carboxylic acids is 1. The fourth-order valence-electron chi connectivity index (χ4n) is 0.977. The van der Waals surface area contributed by atoms with Crippen LogP contribution in [0.25, 0.3) is 0 Å². The zero-order chi connectivity index (χ0) is 11.8. The molecule has 88 valence electrons. The minimum absolute atomic E-state index is 0.129. The largest absolute Gasteiger partial charge is 0.479 e. The summed E-state index contributed by atoms with van der Waals surface area (Å²) in [6.07, 6.45) is -1.17. The lowest BCUT2D eigenvalue weighted by Crippen LogP contribution is -2.34. The SMILES string of the molecule is CCO[C@H](CC(=O)NCC(C)C)C(=O)O. The van der Waals surface area contributed by atoms with Gasteiger partial charge in [-0.2, -0.15) is 0 Å². The van der Waals surface area contributed by atoms with Crippen molar-refractivity contribution in [1.29, 1.82) is 0 Å². The molecule has 1 amide bonds. The van der Waals surface area contributed by atoms with Gasteiger partial charge in [0.2, 0.25) is 5.91 Å². The molecule has 0 radical (unpaired) electrons. The highest BCUT2D eigenvalue weighted by Gasteiger charge is 2.21. The number of ether oxygens (including phenoxy) is 1. The van der Waals surface area contributed by atoms with Gasteiger partial charge in [-0.05, 0) is 12.8 Å². The van der Waals surface area contributed by atoms with Gasteiger partial charge >= 0.3 is 5.97 Å². The number of hydrogen-bond acceptors (Lipinski definition) is 3. The molecule has 5 nitrogen and oxygen atoms in total. The normalized spacial score (nSPS) is 12.5. The van der Waals surface area contributed by atoms with E-state index in [-0.39, 0.29) is 18.9 Å². The molecule has 0 saturated carbocycles. The van der Waals surface area contributed by atoms with Crippen LogP contribution < -0.4 is 5.32 Å². The van der Waals surface area contributed by atoms with Gasteiger partial charge in [0.25, 0.3) is 0 Å². The summed E-state index contributed by atoms with van der Waals surface area (Å²) in [6, 6.07) is 0. The average Bonchev–Trinajstić information content (AvgIpc) is 2.14. The minimum Gasteiger partial charge on any atom is -0.479 e. The highest BCUT2D eigenvalue weighted by atomic mass is 16.5. The molecule has 0 bridgehead atoms.